The lowest BCUT2D eigenvalue weighted by Gasteiger charge is -2.54. The lowest BCUT2D eigenvalue weighted by atomic mass is 9.57. The normalized spacial score (nSPS) is 25.1. The van der Waals surface area contributed by atoms with Crippen LogP contribution in [0.3, 0.4) is 0 Å². The van der Waals surface area contributed by atoms with Gasteiger partial charge in [0.25, 0.3) is 5.91 Å². The molecule has 2 unspecified atom stereocenters. The minimum atomic E-state index is -0.597. The van der Waals surface area contributed by atoms with E-state index < -0.39 is 11.9 Å². The molecule has 376 valence electrons. The van der Waals surface area contributed by atoms with Gasteiger partial charge < -0.3 is 35.4 Å². The van der Waals surface area contributed by atoms with Crippen molar-refractivity contribution >= 4 is 56.9 Å². The monoisotopic (exact) mass is 977 g/mol. The van der Waals surface area contributed by atoms with Gasteiger partial charge in [0.1, 0.15) is 28.9 Å². The van der Waals surface area contributed by atoms with Gasteiger partial charge in [-0.2, -0.15) is 9.97 Å². The number of benzene rings is 2. The van der Waals surface area contributed by atoms with Crippen LogP contribution in [0.1, 0.15) is 92.6 Å². The molecule has 1 spiro atoms. The highest BCUT2D eigenvalue weighted by atomic mass is 19.1. The van der Waals surface area contributed by atoms with Crippen LogP contribution < -0.4 is 30.9 Å². The Labute approximate surface area is 419 Å². The third kappa shape index (κ3) is 8.38. The van der Waals surface area contributed by atoms with Crippen LogP contribution in [0.15, 0.2) is 48.7 Å². The summed E-state index contributed by atoms with van der Waals surface area (Å²) in [6.45, 7) is 12.9. The molecule has 5 aromatic rings. The summed E-state index contributed by atoms with van der Waals surface area (Å²) in [5.74, 6) is 0.461. The number of rotatable bonds is 12. The molecule has 7 fully saturated rings. The van der Waals surface area contributed by atoms with Gasteiger partial charge in [-0.05, 0) is 130 Å². The van der Waals surface area contributed by atoms with Gasteiger partial charge in [-0.3, -0.25) is 29.6 Å². The molecule has 2 aliphatic carbocycles. The van der Waals surface area contributed by atoms with Gasteiger partial charge in [0.15, 0.2) is 5.82 Å². The van der Waals surface area contributed by atoms with Crippen molar-refractivity contribution < 1.29 is 23.5 Å². The van der Waals surface area contributed by atoms with E-state index in [-0.39, 0.29) is 46.8 Å². The molecule has 2 bridgehead atoms. The van der Waals surface area contributed by atoms with Crippen LogP contribution in [0.25, 0.3) is 33.1 Å². The molecule has 3 atom stereocenters. The molecule has 2 saturated carbocycles. The molecule has 6 aliphatic heterocycles. The molecular weight excluding hydrogens is 912 g/mol. The maximum atomic E-state index is 17.2. The number of pyridine rings is 2. The molecular formula is C55H65FN12O4. The van der Waals surface area contributed by atoms with Crippen molar-refractivity contribution in [3.63, 3.8) is 0 Å². The average Bonchev–Trinajstić information content (AvgIpc) is 3.95. The van der Waals surface area contributed by atoms with Gasteiger partial charge in [-0.1, -0.05) is 19.1 Å². The number of piperidine rings is 2. The van der Waals surface area contributed by atoms with Crippen molar-refractivity contribution in [3.8, 4) is 17.3 Å². The number of likely N-dealkylation sites (tertiary alicyclic amines) is 1. The summed E-state index contributed by atoms with van der Waals surface area (Å²) < 4.78 is 23.8. The van der Waals surface area contributed by atoms with E-state index in [0.29, 0.717) is 70.7 Å². The summed E-state index contributed by atoms with van der Waals surface area (Å²) in [5.41, 5.74) is 12.4. The van der Waals surface area contributed by atoms with Gasteiger partial charge in [-0.25, -0.2) is 9.37 Å². The summed E-state index contributed by atoms with van der Waals surface area (Å²) in [5, 5.41) is 7.56. The van der Waals surface area contributed by atoms with E-state index in [2.05, 4.69) is 48.2 Å². The maximum Gasteiger partial charge on any atom is 0.319 e. The van der Waals surface area contributed by atoms with Crippen LogP contribution in [0.4, 0.5) is 21.7 Å². The topological polar surface area (TPSA) is 178 Å². The fourth-order valence-electron chi connectivity index (χ4n) is 13.8. The summed E-state index contributed by atoms with van der Waals surface area (Å²) in [6, 6.07) is 14.1. The quantitative estimate of drug-likeness (QED) is 0.130. The van der Waals surface area contributed by atoms with Gasteiger partial charge >= 0.3 is 6.01 Å². The number of nitrogens with one attached hydrogen (secondary N) is 2. The van der Waals surface area contributed by atoms with Crippen LogP contribution in [0, 0.1) is 22.6 Å². The number of nitrogen functional groups attached to an aromatic ring is 1. The molecule has 0 radical (unpaired) electrons. The Bertz CT molecular complexity index is 2980. The first kappa shape index (κ1) is 45.8. The molecule has 13 rings (SSSR count). The Morgan fingerprint density at radius 1 is 0.861 bits per heavy atom. The van der Waals surface area contributed by atoms with Crippen LogP contribution in [0.2, 0.25) is 0 Å². The standard InChI is InChI=1S/C55H65FN12O4/c1-2-34-4-3-5-42-46(34)40(23-44(57)60-42)48-47(56)49-41(26-58-48)50(67-29-36-6-7-37(30-67)59-36)63-53(62-49)72-32-55(12-13-55)31-65-16-14-54(15-17-65)24-33(25-54)27-64-18-20-66(21-19-64)38-8-9-39-35(22-38)28-68(52(39)71)43-10-11-45(69)61-51(43)70/h3-5,8-9,22-23,26,33,36-37,43,59H,2,6-7,10-21,24-25,27-32H2,1H3,(H2,57,60)(H,61,69,70)/t36?,37?,43-/m0/s1. The molecule has 5 saturated heterocycles. The van der Waals surface area contributed by atoms with Gasteiger partial charge in [-0.15, -0.1) is 0 Å². The SMILES string of the molecule is CCc1cccc2nc(N)cc(-c3ncc4c(N5CC6CCC(C5)N6)nc(OCC5(CN6CCC7(CC6)CC(CN6CCN(c8ccc9c(c8)CN([C@H]8CCC(=O)NC8=O)C9=O)CC6)C7)CC5)nc4c3F)c12. The fourth-order valence-corrected chi connectivity index (χ4v) is 13.8. The zero-order valence-corrected chi connectivity index (χ0v) is 41.3. The van der Waals surface area contributed by atoms with Crippen molar-refractivity contribution in [3.05, 3.63) is 71.2 Å². The Morgan fingerprint density at radius 2 is 1.65 bits per heavy atom. The summed E-state index contributed by atoms with van der Waals surface area (Å²) >= 11 is 0. The summed E-state index contributed by atoms with van der Waals surface area (Å²) in [4.78, 5) is 68.3. The van der Waals surface area contributed by atoms with Gasteiger partial charge in [0.2, 0.25) is 11.8 Å². The molecule has 3 amide bonds. The predicted octanol–water partition coefficient (Wildman–Crippen LogP) is 5.70. The number of fused-ring (bicyclic) bond motifs is 5. The van der Waals surface area contributed by atoms with Crippen LogP contribution in [-0.4, -0.2) is 143 Å². The van der Waals surface area contributed by atoms with Gasteiger partial charge in [0, 0.05) is 111 Å². The number of amides is 3. The Kier molecular flexibility index (Phi) is 11.4. The maximum absolute atomic E-state index is 17.2. The fraction of sp³-hybridized carbons (Fsp3) is 0.545. The number of anilines is 3. The second-order valence-corrected chi connectivity index (χ2v) is 22.7. The number of carbonyl (C=O) groups is 3. The van der Waals surface area contributed by atoms with E-state index in [0.717, 1.165) is 126 Å². The van der Waals surface area contributed by atoms with E-state index in [4.69, 9.17) is 25.4 Å². The number of aryl methyl sites for hydroxylation is 1. The van der Waals surface area contributed by atoms with Crippen molar-refractivity contribution in [2.75, 3.05) is 87.6 Å². The number of piperazine rings is 2. The first-order valence-electron chi connectivity index (χ1n) is 26.6. The van der Waals surface area contributed by atoms with E-state index >= 15 is 4.39 Å². The highest BCUT2D eigenvalue weighted by molar-refractivity contribution is 6.05. The molecule has 9 heterocycles. The van der Waals surface area contributed by atoms with Crippen molar-refractivity contribution in [1.29, 1.82) is 0 Å². The average molecular weight is 977 g/mol. The lowest BCUT2D eigenvalue weighted by molar-refractivity contribution is -0.136. The minimum Gasteiger partial charge on any atom is -0.463 e. The van der Waals surface area contributed by atoms with E-state index in [1.807, 2.05) is 30.3 Å². The first-order valence-corrected chi connectivity index (χ1v) is 26.6. The molecule has 17 heteroatoms. The number of aromatic nitrogens is 4. The number of ether oxygens (including phenoxy) is 1. The number of nitrogens with two attached hydrogens (primary N) is 1. The molecule has 3 aromatic heterocycles. The third-order valence-corrected chi connectivity index (χ3v) is 17.9. The Hall–Kier alpha value is -6.04. The number of hydrogen-bond acceptors (Lipinski definition) is 14. The second-order valence-electron chi connectivity index (χ2n) is 22.7. The van der Waals surface area contributed by atoms with Crippen molar-refractivity contribution in [2.24, 2.45) is 16.7 Å². The first-order chi connectivity index (χ1) is 35.0. The smallest absolute Gasteiger partial charge is 0.319 e. The van der Waals surface area contributed by atoms with Crippen LogP contribution in [-0.2, 0) is 22.6 Å². The molecule has 2 aromatic carbocycles. The number of carbonyl (C=O) groups excluding carboxylic acids is 3. The highest BCUT2D eigenvalue weighted by Crippen LogP contribution is 2.54. The zero-order valence-electron chi connectivity index (χ0n) is 41.3. The van der Waals surface area contributed by atoms with E-state index in [9.17, 15) is 14.4 Å². The third-order valence-electron chi connectivity index (χ3n) is 17.9. The summed E-state index contributed by atoms with van der Waals surface area (Å²) in [7, 11) is 0. The molecule has 4 N–H and O–H groups in total. The number of nitrogens with zero attached hydrogens (tertiary/aromatic N) is 9. The number of hydrogen-bond donors (Lipinski definition) is 3. The molecule has 16 nitrogen and oxygen atoms in total. The molecule has 8 aliphatic rings. The highest BCUT2D eigenvalue weighted by Gasteiger charge is 2.50. The molecule has 72 heavy (non-hydrogen) atoms. The lowest BCUT2D eigenvalue weighted by Crippen LogP contribution is -2.53. The van der Waals surface area contributed by atoms with Crippen molar-refractivity contribution in [1.82, 2.24) is 45.3 Å². The Morgan fingerprint density at radius 3 is 2.40 bits per heavy atom. The van der Waals surface area contributed by atoms with Crippen LogP contribution >= 0.6 is 0 Å². The number of halogens is 1. The van der Waals surface area contributed by atoms with E-state index in [1.165, 1.54) is 25.7 Å². The van der Waals surface area contributed by atoms with Crippen molar-refractivity contribution in [2.45, 2.75) is 102 Å². The summed E-state index contributed by atoms with van der Waals surface area (Å²) in [6.07, 6.45) is 12.6. The van der Waals surface area contributed by atoms with Gasteiger partial charge in [0.05, 0.1) is 17.5 Å². The predicted molar refractivity (Wildman–Crippen MR) is 273 cm³/mol. The Balaban J connectivity index is 0.622. The zero-order chi connectivity index (χ0) is 48.9. The largest absolute Gasteiger partial charge is 0.463 e. The minimum absolute atomic E-state index is 0.0424. The van der Waals surface area contributed by atoms with Crippen LogP contribution in [0.5, 0.6) is 6.01 Å². The second kappa shape index (κ2) is 17.9. The van der Waals surface area contributed by atoms with E-state index in [1.54, 1.807) is 17.2 Å². The number of imide groups is 1.